The number of nitrogens with zero attached hydrogens (tertiary/aromatic N) is 2. The lowest BCUT2D eigenvalue weighted by molar-refractivity contribution is 0.0684. The van der Waals surface area contributed by atoms with Crippen molar-refractivity contribution < 1.29 is 15.0 Å². The first-order chi connectivity index (χ1) is 12.6. The number of carboxylic acid groups (broad SMARTS) is 1. The van der Waals surface area contributed by atoms with Gasteiger partial charge in [0.25, 0.3) is 0 Å². The summed E-state index contributed by atoms with van der Waals surface area (Å²) >= 11 is 0. The minimum absolute atomic E-state index is 0.0229. The molecule has 0 amide bonds. The van der Waals surface area contributed by atoms with E-state index in [-0.39, 0.29) is 17.5 Å². The molecule has 2 N–H and O–H groups in total. The Balaban J connectivity index is 1.57. The maximum Gasteiger partial charge on any atom is 0.335 e. The van der Waals surface area contributed by atoms with E-state index in [2.05, 4.69) is 21.7 Å². The molecule has 2 aliphatic rings. The summed E-state index contributed by atoms with van der Waals surface area (Å²) in [5.74, 6) is -0.910. The summed E-state index contributed by atoms with van der Waals surface area (Å²) in [5.41, 5.74) is 5.54. The van der Waals surface area contributed by atoms with E-state index in [0.29, 0.717) is 0 Å². The fourth-order valence-electron chi connectivity index (χ4n) is 4.59. The zero-order valence-electron chi connectivity index (χ0n) is 14.0. The number of hydrogen-bond acceptors (Lipinski definition) is 3. The van der Waals surface area contributed by atoms with Gasteiger partial charge in [0.05, 0.1) is 35.9 Å². The number of aromatic nitrogens is 2. The number of carboxylic acids is 1. The molecular formula is C21H18N2O3. The fourth-order valence-corrected chi connectivity index (χ4v) is 4.59. The number of benzene rings is 2. The Labute approximate surface area is 150 Å². The number of hydrogen-bond donors (Lipinski definition) is 2. The molecule has 3 aromatic rings. The van der Waals surface area contributed by atoms with Crippen molar-refractivity contribution in [1.82, 2.24) is 9.55 Å². The number of aromatic carboxylic acids is 1. The van der Waals surface area contributed by atoms with E-state index >= 15 is 0 Å². The van der Waals surface area contributed by atoms with Gasteiger partial charge in [-0.25, -0.2) is 9.78 Å². The lowest BCUT2D eigenvalue weighted by Crippen LogP contribution is -2.28. The van der Waals surface area contributed by atoms with Crippen LogP contribution in [0.5, 0.6) is 0 Å². The second-order valence-corrected chi connectivity index (χ2v) is 7.08. The van der Waals surface area contributed by atoms with Gasteiger partial charge in [0.1, 0.15) is 0 Å². The van der Waals surface area contributed by atoms with E-state index in [1.165, 1.54) is 11.1 Å². The summed E-state index contributed by atoms with van der Waals surface area (Å²) in [4.78, 5) is 15.5. The normalized spacial score (nSPS) is 23.2. The summed E-state index contributed by atoms with van der Waals surface area (Å²) in [7, 11) is 0. The molecule has 3 unspecified atom stereocenters. The molecule has 1 aliphatic carbocycles. The molecule has 0 radical (unpaired) electrons. The summed E-state index contributed by atoms with van der Waals surface area (Å²) in [6.45, 7) is 0. The summed E-state index contributed by atoms with van der Waals surface area (Å²) in [6, 6.07) is 13.4. The van der Waals surface area contributed by atoms with Crippen LogP contribution in [0.1, 0.15) is 45.6 Å². The van der Waals surface area contributed by atoms with Crippen LogP contribution in [0, 0.1) is 5.92 Å². The second-order valence-electron chi connectivity index (χ2n) is 7.08. The van der Waals surface area contributed by atoms with Gasteiger partial charge in [-0.2, -0.15) is 0 Å². The van der Waals surface area contributed by atoms with E-state index in [9.17, 15) is 15.0 Å². The number of aliphatic hydroxyl groups is 1. The van der Waals surface area contributed by atoms with Crippen molar-refractivity contribution >= 4 is 5.97 Å². The maximum absolute atomic E-state index is 11.2. The first-order valence-corrected chi connectivity index (χ1v) is 8.80. The molecular weight excluding hydrogens is 328 g/mol. The van der Waals surface area contributed by atoms with Gasteiger partial charge in [-0.3, -0.25) is 0 Å². The molecule has 0 spiro atoms. The van der Waals surface area contributed by atoms with E-state index in [4.69, 9.17) is 0 Å². The van der Waals surface area contributed by atoms with Crippen LogP contribution in [-0.4, -0.2) is 25.7 Å². The smallest absolute Gasteiger partial charge is 0.335 e. The molecule has 2 aromatic carbocycles. The highest BCUT2D eigenvalue weighted by atomic mass is 16.4. The van der Waals surface area contributed by atoms with Crippen molar-refractivity contribution in [3.8, 4) is 11.3 Å². The Hall–Kier alpha value is -2.92. The van der Waals surface area contributed by atoms with Gasteiger partial charge in [-0.05, 0) is 41.7 Å². The maximum atomic E-state index is 11.2. The van der Waals surface area contributed by atoms with E-state index in [1.54, 1.807) is 18.2 Å². The topological polar surface area (TPSA) is 75.3 Å². The molecule has 26 heavy (non-hydrogen) atoms. The number of fused-ring (bicyclic) bond motifs is 4. The van der Waals surface area contributed by atoms with Crippen LogP contribution in [0.2, 0.25) is 0 Å². The van der Waals surface area contributed by atoms with Crippen LogP contribution in [-0.2, 0) is 6.42 Å². The molecule has 2 heterocycles. The largest absolute Gasteiger partial charge is 0.478 e. The number of aliphatic hydroxyl groups excluding tert-OH is 1. The van der Waals surface area contributed by atoms with E-state index < -0.39 is 12.1 Å². The van der Waals surface area contributed by atoms with Gasteiger partial charge < -0.3 is 14.8 Å². The van der Waals surface area contributed by atoms with Crippen molar-refractivity contribution in [1.29, 1.82) is 0 Å². The predicted molar refractivity (Wildman–Crippen MR) is 96.0 cm³/mol. The lowest BCUT2D eigenvalue weighted by Gasteiger charge is -2.35. The van der Waals surface area contributed by atoms with Gasteiger partial charge in [0.2, 0.25) is 0 Å². The molecule has 1 aromatic heterocycles. The molecule has 5 nitrogen and oxygen atoms in total. The van der Waals surface area contributed by atoms with Gasteiger partial charge in [0.15, 0.2) is 0 Å². The molecule has 3 atom stereocenters. The van der Waals surface area contributed by atoms with E-state index in [1.807, 2.05) is 24.7 Å². The summed E-state index contributed by atoms with van der Waals surface area (Å²) in [5, 5.41) is 20.3. The molecule has 0 saturated heterocycles. The molecule has 1 aliphatic heterocycles. The van der Waals surface area contributed by atoms with Crippen LogP contribution >= 0.6 is 0 Å². The van der Waals surface area contributed by atoms with E-state index in [0.717, 1.165) is 29.7 Å². The number of aryl methyl sites for hydroxylation is 1. The van der Waals surface area contributed by atoms with Crippen LogP contribution in [0.4, 0.5) is 0 Å². The van der Waals surface area contributed by atoms with Gasteiger partial charge in [-0.1, -0.05) is 30.3 Å². The summed E-state index contributed by atoms with van der Waals surface area (Å²) in [6.07, 6.45) is 4.65. The van der Waals surface area contributed by atoms with Crippen LogP contribution in [0.25, 0.3) is 11.3 Å². The minimum atomic E-state index is -0.933. The Morgan fingerprint density at radius 3 is 2.85 bits per heavy atom. The number of imidazole rings is 1. The zero-order valence-corrected chi connectivity index (χ0v) is 14.0. The fraction of sp³-hybridized carbons (Fsp3) is 0.238. The van der Waals surface area contributed by atoms with Crippen molar-refractivity contribution in [3.63, 3.8) is 0 Å². The quantitative estimate of drug-likeness (QED) is 0.745. The molecule has 5 heteroatoms. The van der Waals surface area contributed by atoms with Crippen molar-refractivity contribution in [2.45, 2.75) is 25.0 Å². The highest BCUT2D eigenvalue weighted by Crippen LogP contribution is 2.49. The third-order valence-corrected chi connectivity index (χ3v) is 5.79. The average molecular weight is 346 g/mol. The van der Waals surface area contributed by atoms with Gasteiger partial charge >= 0.3 is 5.97 Å². The molecule has 5 rings (SSSR count). The Morgan fingerprint density at radius 1 is 1.15 bits per heavy atom. The van der Waals surface area contributed by atoms with Crippen LogP contribution in [0.3, 0.4) is 0 Å². The van der Waals surface area contributed by atoms with Crippen LogP contribution in [0.15, 0.2) is 55.0 Å². The highest BCUT2D eigenvalue weighted by molar-refractivity contribution is 5.88. The first-order valence-electron chi connectivity index (χ1n) is 8.80. The van der Waals surface area contributed by atoms with Crippen molar-refractivity contribution in [3.05, 3.63) is 77.2 Å². The average Bonchev–Trinajstić information content (AvgIpc) is 3.23. The Bertz CT molecular complexity index is 1020. The highest BCUT2D eigenvalue weighted by Gasteiger charge is 2.40. The first kappa shape index (κ1) is 15.3. The molecule has 0 saturated carbocycles. The zero-order chi connectivity index (χ0) is 17.8. The monoisotopic (exact) mass is 346 g/mol. The van der Waals surface area contributed by atoms with Crippen molar-refractivity contribution in [2.24, 2.45) is 5.92 Å². The standard InChI is InChI=1S/C21H18N2O3/c24-20-14-7-6-13(21(25)26)9-12(14)5-8-17(20)19-16-4-2-1-3-15(16)18-10-22-11-23(18)19/h1-4,6-7,9-11,17,19-20,24H,5,8H2,(H,25,26). The van der Waals surface area contributed by atoms with Gasteiger partial charge in [0, 0.05) is 11.5 Å². The number of carbonyl (C=O) groups is 1. The molecule has 0 fully saturated rings. The third-order valence-electron chi connectivity index (χ3n) is 5.79. The SMILES string of the molecule is O=C(O)c1ccc2c(c1)CCC(C1c3ccccc3-c3cncn31)C2O. The Morgan fingerprint density at radius 2 is 2.00 bits per heavy atom. The van der Waals surface area contributed by atoms with Gasteiger partial charge in [-0.15, -0.1) is 0 Å². The third kappa shape index (κ3) is 2.07. The second kappa shape index (κ2) is 5.54. The van der Waals surface area contributed by atoms with Crippen LogP contribution < -0.4 is 0 Å². The predicted octanol–water partition coefficient (Wildman–Crippen LogP) is 3.45. The summed E-state index contributed by atoms with van der Waals surface area (Å²) < 4.78 is 2.16. The molecule has 130 valence electrons. The minimum Gasteiger partial charge on any atom is -0.478 e. The van der Waals surface area contributed by atoms with Crippen molar-refractivity contribution in [2.75, 3.05) is 0 Å². The number of rotatable bonds is 2. The molecule has 0 bridgehead atoms. The Kier molecular flexibility index (Phi) is 3.27. The lowest BCUT2D eigenvalue weighted by atomic mass is 9.75.